The van der Waals surface area contributed by atoms with Gasteiger partial charge in [0.1, 0.15) is 0 Å². The molecule has 1 aliphatic rings. The second kappa shape index (κ2) is 8.23. The summed E-state index contributed by atoms with van der Waals surface area (Å²) in [5.74, 6) is 0.0993. The number of carbonyl (C=O) groups excluding carboxylic acids is 1. The smallest absolute Gasteiger partial charge is 0.353 e. The van der Waals surface area contributed by atoms with E-state index in [1.807, 2.05) is 30.3 Å². The number of pyridine rings is 1. The average Bonchev–Trinajstić information content (AvgIpc) is 3.50. The number of aromatic nitrogens is 3. The highest BCUT2D eigenvalue weighted by molar-refractivity contribution is 5.79. The highest BCUT2D eigenvalue weighted by Crippen LogP contribution is 2.35. The maximum Gasteiger partial charge on any atom is 0.418 e. The lowest BCUT2D eigenvalue weighted by Crippen LogP contribution is -2.26. The molecule has 0 spiro atoms. The average molecular weight is 451 g/mol. The standard InChI is InChI=1S/C24H20F3N5O/c25-24(26,27)19-3-1-2-4-20(19)29-23-30-21-12-9-17(14-32(21)31-23)16-7-5-15(6-8-16)13-22(33)28-18-10-11-18/h1-9,12,14,18H,10-11,13H2,(H,28,33)(H,29,31). The van der Waals surface area contributed by atoms with Gasteiger partial charge in [0.05, 0.1) is 17.7 Å². The normalized spacial score (nSPS) is 13.8. The number of nitrogens with zero attached hydrogens (tertiary/aromatic N) is 3. The lowest BCUT2D eigenvalue weighted by atomic mass is 10.0. The lowest BCUT2D eigenvalue weighted by molar-refractivity contribution is -0.137. The van der Waals surface area contributed by atoms with Crippen LogP contribution in [-0.4, -0.2) is 26.5 Å². The van der Waals surface area contributed by atoms with E-state index in [1.165, 1.54) is 22.7 Å². The van der Waals surface area contributed by atoms with E-state index in [0.717, 1.165) is 35.6 Å². The minimum absolute atomic E-state index is 0.0291. The molecule has 2 heterocycles. The van der Waals surface area contributed by atoms with E-state index in [1.54, 1.807) is 12.3 Å². The van der Waals surface area contributed by atoms with Crippen LogP contribution in [-0.2, 0) is 17.4 Å². The zero-order valence-corrected chi connectivity index (χ0v) is 17.4. The molecule has 1 fully saturated rings. The first kappa shape index (κ1) is 21.0. The number of hydrogen-bond donors (Lipinski definition) is 2. The van der Waals surface area contributed by atoms with Crippen LogP contribution < -0.4 is 10.6 Å². The van der Waals surface area contributed by atoms with Crippen LogP contribution in [0.2, 0.25) is 0 Å². The van der Waals surface area contributed by atoms with Gasteiger partial charge in [0.15, 0.2) is 5.65 Å². The Morgan fingerprint density at radius 3 is 2.45 bits per heavy atom. The lowest BCUT2D eigenvalue weighted by Gasteiger charge is -2.12. The number of halogens is 3. The summed E-state index contributed by atoms with van der Waals surface area (Å²) in [6.45, 7) is 0. The van der Waals surface area contributed by atoms with Crippen LogP contribution in [0.25, 0.3) is 16.8 Å². The molecular formula is C24H20F3N5O. The molecule has 4 aromatic rings. The van der Waals surface area contributed by atoms with E-state index in [-0.39, 0.29) is 17.5 Å². The van der Waals surface area contributed by atoms with E-state index in [0.29, 0.717) is 18.1 Å². The molecule has 2 aromatic heterocycles. The summed E-state index contributed by atoms with van der Waals surface area (Å²) < 4.78 is 41.3. The third-order valence-electron chi connectivity index (χ3n) is 5.40. The van der Waals surface area contributed by atoms with Crippen molar-refractivity contribution in [1.29, 1.82) is 0 Å². The summed E-state index contributed by atoms with van der Waals surface area (Å²) in [7, 11) is 0. The number of amides is 1. The first-order chi connectivity index (χ1) is 15.8. The molecule has 0 atom stereocenters. The highest BCUT2D eigenvalue weighted by Gasteiger charge is 2.33. The quantitative estimate of drug-likeness (QED) is 0.434. The van der Waals surface area contributed by atoms with Gasteiger partial charge in [-0.25, -0.2) is 4.52 Å². The van der Waals surface area contributed by atoms with E-state index in [9.17, 15) is 18.0 Å². The second-order valence-electron chi connectivity index (χ2n) is 8.04. The fourth-order valence-electron chi connectivity index (χ4n) is 3.57. The van der Waals surface area contributed by atoms with Crippen molar-refractivity contribution in [1.82, 2.24) is 19.9 Å². The molecule has 9 heteroatoms. The largest absolute Gasteiger partial charge is 0.418 e. The summed E-state index contributed by atoms with van der Waals surface area (Å²) in [5.41, 5.74) is 2.32. The number of anilines is 2. The van der Waals surface area contributed by atoms with Crippen molar-refractivity contribution in [2.45, 2.75) is 31.5 Å². The zero-order valence-electron chi connectivity index (χ0n) is 17.4. The SMILES string of the molecule is O=C(Cc1ccc(-c2ccc3nc(Nc4ccccc4C(F)(F)F)nn3c2)cc1)NC1CC1. The Morgan fingerprint density at radius 1 is 1.00 bits per heavy atom. The van der Waals surface area contributed by atoms with Gasteiger partial charge < -0.3 is 10.6 Å². The molecule has 0 saturated heterocycles. The number of nitrogens with one attached hydrogen (secondary N) is 2. The first-order valence-electron chi connectivity index (χ1n) is 10.5. The van der Waals surface area contributed by atoms with Crippen LogP contribution in [0.5, 0.6) is 0 Å². The molecule has 1 aliphatic carbocycles. The monoisotopic (exact) mass is 451 g/mol. The van der Waals surface area contributed by atoms with Crippen LogP contribution in [0.1, 0.15) is 24.0 Å². The summed E-state index contributed by atoms with van der Waals surface area (Å²) in [4.78, 5) is 16.2. The van der Waals surface area contributed by atoms with Gasteiger partial charge in [0.2, 0.25) is 11.9 Å². The van der Waals surface area contributed by atoms with Crippen LogP contribution in [0.15, 0.2) is 66.9 Å². The van der Waals surface area contributed by atoms with Crippen molar-refractivity contribution >= 4 is 23.2 Å². The Kier molecular flexibility index (Phi) is 5.24. The highest BCUT2D eigenvalue weighted by atomic mass is 19.4. The molecule has 0 aliphatic heterocycles. The molecular weight excluding hydrogens is 431 g/mol. The predicted molar refractivity (Wildman–Crippen MR) is 118 cm³/mol. The van der Waals surface area contributed by atoms with E-state index in [2.05, 4.69) is 20.7 Å². The molecule has 0 radical (unpaired) electrons. The molecule has 0 bridgehead atoms. The van der Waals surface area contributed by atoms with Gasteiger partial charge in [-0.2, -0.15) is 18.2 Å². The molecule has 2 aromatic carbocycles. The molecule has 168 valence electrons. The minimum atomic E-state index is -4.49. The number of para-hydroxylation sites is 1. The second-order valence-corrected chi connectivity index (χ2v) is 8.04. The van der Waals surface area contributed by atoms with Crippen LogP contribution in [0.3, 0.4) is 0 Å². The van der Waals surface area contributed by atoms with Crippen LogP contribution in [0.4, 0.5) is 24.8 Å². The van der Waals surface area contributed by atoms with Crippen molar-refractivity contribution in [3.05, 3.63) is 78.0 Å². The molecule has 1 saturated carbocycles. The molecule has 2 N–H and O–H groups in total. The van der Waals surface area contributed by atoms with Gasteiger partial charge in [0.25, 0.3) is 0 Å². The molecule has 33 heavy (non-hydrogen) atoms. The summed E-state index contributed by atoms with van der Waals surface area (Å²) in [6, 6.07) is 16.8. The summed E-state index contributed by atoms with van der Waals surface area (Å²) in [6.07, 6.45) is -0.269. The number of fused-ring (bicyclic) bond motifs is 1. The van der Waals surface area contributed by atoms with Gasteiger partial charge in [-0.3, -0.25) is 4.79 Å². The maximum absolute atomic E-state index is 13.2. The van der Waals surface area contributed by atoms with Crippen LogP contribution in [0, 0.1) is 0 Å². The third-order valence-corrected chi connectivity index (χ3v) is 5.40. The van der Waals surface area contributed by atoms with Crippen molar-refractivity contribution in [2.24, 2.45) is 0 Å². The number of benzene rings is 2. The van der Waals surface area contributed by atoms with E-state index < -0.39 is 11.7 Å². The van der Waals surface area contributed by atoms with Crippen molar-refractivity contribution < 1.29 is 18.0 Å². The number of alkyl halides is 3. The Morgan fingerprint density at radius 2 is 1.73 bits per heavy atom. The summed E-state index contributed by atoms with van der Waals surface area (Å²) >= 11 is 0. The van der Waals surface area contributed by atoms with E-state index >= 15 is 0 Å². The molecule has 6 nitrogen and oxygen atoms in total. The van der Waals surface area contributed by atoms with E-state index in [4.69, 9.17) is 0 Å². The molecule has 5 rings (SSSR count). The van der Waals surface area contributed by atoms with Crippen LogP contribution >= 0.6 is 0 Å². The topological polar surface area (TPSA) is 71.3 Å². The molecule has 1 amide bonds. The molecule has 0 unspecified atom stereocenters. The van der Waals surface area contributed by atoms with Gasteiger partial charge in [-0.1, -0.05) is 36.4 Å². The number of hydrogen-bond acceptors (Lipinski definition) is 4. The Labute approximate surface area is 187 Å². The first-order valence-corrected chi connectivity index (χ1v) is 10.5. The van der Waals surface area contributed by atoms with Gasteiger partial charge in [0, 0.05) is 17.8 Å². The van der Waals surface area contributed by atoms with Gasteiger partial charge in [-0.05, 0) is 48.2 Å². The van der Waals surface area contributed by atoms with Crippen molar-refractivity contribution in [2.75, 3.05) is 5.32 Å². The van der Waals surface area contributed by atoms with Crippen molar-refractivity contribution in [3.8, 4) is 11.1 Å². The Hall–Kier alpha value is -3.88. The number of rotatable bonds is 6. The predicted octanol–water partition coefficient (Wildman–Crippen LogP) is 4.98. The fraction of sp³-hybridized carbons (Fsp3) is 0.208. The summed E-state index contributed by atoms with van der Waals surface area (Å²) in [5, 5.41) is 9.93. The zero-order chi connectivity index (χ0) is 23.0. The number of carbonyl (C=O) groups is 1. The maximum atomic E-state index is 13.2. The van der Waals surface area contributed by atoms with Gasteiger partial charge >= 0.3 is 6.18 Å². The Balaban J connectivity index is 1.34. The van der Waals surface area contributed by atoms with Gasteiger partial charge in [-0.15, -0.1) is 5.10 Å². The Bertz CT molecular complexity index is 1310. The minimum Gasteiger partial charge on any atom is -0.353 e. The van der Waals surface area contributed by atoms with Crippen molar-refractivity contribution in [3.63, 3.8) is 0 Å². The third kappa shape index (κ3) is 4.82. The fourth-order valence-corrected chi connectivity index (χ4v) is 3.57.